The quantitative estimate of drug-likeness (QED) is 0.729. The van der Waals surface area contributed by atoms with Crippen molar-refractivity contribution in [3.05, 3.63) is 58.4 Å². The molecule has 6 heteroatoms. The molecule has 0 unspecified atom stereocenters. The zero-order valence-electron chi connectivity index (χ0n) is 16.0. The highest BCUT2D eigenvalue weighted by atomic mass is 16.5. The van der Waals surface area contributed by atoms with Crippen molar-refractivity contribution in [1.29, 1.82) is 0 Å². The van der Waals surface area contributed by atoms with Gasteiger partial charge < -0.3 is 10.1 Å². The molecule has 0 spiro atoms. The lowest BCUT2D eigenvalue weighted by Gasteiger charge is -2.09. The van der Waals surface area contributed by atoms with Crippen LogP contribution in [0.25, 0.3) is 11.0 Å². The molecule has 0 saturated heterocycles. The number of amides is 1. The highest BCUT2D eigenvalue weighted by Gasteiger charge is 2.28. The predicted molar refractivity (Wildman–Crippen MR) is 104 cm³/mol. The largest absolute Gasteiger partial charge is 0.380 e. The van der Waals surface area contributed by atoms with Crippen molar-refractivity contribution >= 4 is 16.9 Å². The van der Waals surface area contributed by atoms with Gasteiger partial charge in [0.05, 0.1) is 23.3 Å². The average molecular weight is 364 g/mol. The van der Waals surface area contributed by atoms with Gasteiger partial charge >= 0.3 is 0 Å². The minimum atomic E-state index is -0.0821. The number of aromatic nitrogens is 3. The van der Waals surface area contributed by atoms with E-state index >= 15 is 0 Å². The summed E-state index contributed by atoms with van der Waals surface area (Å²) in [4.78, 5) is 17.7. The van der Waals surface area contributed by atoms with E-state index in [-0.39, 0.29) is 5.91 Å². The zero-order chi connectivity index (χ0) is 19.0. The van der Waals surface area contributed by atoms with Crippen molar-refractivity contribution in [2.24, 2.45) is 7.05 Å². The monoisotopic (exact) mass is 364 g/mol. The van der Waals surface area contributed by atoms with Crippen molar-refractivity contribution in [3.63, 3.8) is 0 Å². The summed E-state index contributed by atoms with van der Waals surface area (Å²) >= 11 is 0. The van der Waals surface area contributed by atoms with Gasteiger partial charge in [0.1, 0.15) is 0 Å². The van der Waals surface area contributed by atoms with E-state index in [1.165, 1.54) is 0 Å². The summed E-state index contributed by atoms with van der Waals surface area (Å²) in [6.07, 6.45) is 2.29. The second-order valence-electron chi connectivity index (χ2n) is 7.21. The van der Waals surface area contributed by atoms with Gasteiger partial charge in [-0.05, 0) is 37.0 Å². The molecule has 1 aliphatic rings. The van der Waals surface area contributed by atoms with Crippen molar-refractivity contribution in [3.8, 4) is 0 Å². The van der Waals surface area contributed by atoms with E-state index in [9.17, 15) is 4.79 Å². The number of rotatable bonds is 6. The molecule has 1 saturated carbocycles. The molecule has 0 atom stereocenters. The average Bonchev–Trinajstić information content (AvgIpc) is 3.47. The first-order valence-electron chi connectivity index (χ1n) is 9.26. The molecule has 1 aromatic carbocycles. The minimum Gasteiger partial charge on any atom is -0.380 e. The number of pyridine rings is 1. The standard InChI is InChI=1S/C21H24N4O2/c1-13-19-17(10-18(16-8-9-16)23-20(19)25(2)24-13)21(26)22-11-14-4-6-15(7-5-14)12-27-3/h4-7,10,16H,8-9,11-12H2,1-3H3,(H,22,26). The van der Waals surface area contributed by atoms with Gasteiger partial charge in [-0.2, -0.15) is 5.10 Å². The molecule has 1 aliphatic carbocycles. The molecule has 0 bridgehead atoms. The fourth-order valence-corrected chi connectivity index (χ4v) is 3.43. The molecule has 0 aliphatic heterocycles. The first kappa shape index (κ1) is 17.7. The van der Waals surface area contributed by atoms with Gasteiger partial charge in [0.2, 0.25) is 0 Å². The van der Waals surface area contributed by atoms with Crippen LogP contribution in [0.1, 0.15) is 51.6 Å². The molecule has 3 aromatic rings. The van der Waals surface area contributed by atoms with Crippen LogP contribution in [0.5, 0.6) is 0 Å². The third kappa shape index (κ3) is 3.57. The van der Waals surface area contributed by atoms with Crippen LogP contribution in [-0.4, -0.2) is 27.8 Å². The number of carbonyl (C=O) groups is 1. The SMILES string of the molecule is COCc1ccc(CNC(=O)c2cc(C3CC3)nc3c2c(C)nn3C)cc1. The molecule has 140 valence electrons. The highest BCUT2D eigenvalue weighted by Crippen LogP contribution is 2.40. The minimum absolute atomic E-state index is 0.0821. The van der Waals surface area contributed by atoms with Crippen molar-refractivity contribution < 1.29 is 9.53 Å². The molecule has 6 nitrogen and oxygen atoms in total. The Bertz CT molecular complexity index is 988. The molecule has 1 N–H and O–H groups in total. The Morgan fingerprint density at radius 2 is 1.96 bits per heavy atom. The first-order valence-corrected chi connectivity index (χ1v) is 9.26. The Morgan fingerprint density at radius 3 is 2.63 bits per heavy atom. The normalized spacial score (nSPS) is 13.9. The fourth-order valence-electron chi connectivity index (χ4n) is 3.43. The molecular formula is C21H24N4O2. The Labute approximate surface area is 158 Å². The maximum absolute atomic E-state index is 13.0. The molecule has 1 fully saturated rings. The van der Waals surface area contributed by atoms with Crippen LogP contribution >= 0.6 is 0 Å². The zero-order valence-corrected chi connectivity index (χ0v) is 16.0. The van der Waals surface area contributed by atoms with E-state index in [4.69, 9.17) is 9.72 Å². The van der Waals surface area contributed by atoms with E-state index in [2.05, 4.69) is 10.4 Å². The second kappa shape index (κ2) is 7.12. The number of hydrogen-bond acceptors (Lipinski definition) is 4. The third-order valence-corrected chi connectivity index (χ3v) is 5.02. The number of aryl methyl sites for hydroxylation is 2. The van der Waals surface area contributed by atoms with Gasteiger partial charge in [-0.25, -0.2) is 4.98 Å². The summed E-state index contributed by atoms with van der Waals surface area (Å²) in [5, 5.41) is 8.35. The number of ether oxygens (including phenoxy) is 1. The van der Waals surface area contributed by atoms with Gasteiger partial charge in [-0.3, -0.25) is 9.48 Å². The Kier molecular flexibility index (Phi) is 4.66. The first-order chi connectivity index (χ1) is 13.1. The van der Waals surface area contributed by atoms with Crippen LogP contribution in [0.3, 0.4) is 0 Å². The lowest BCUT2D eigenvalue weighted by Crippen LogP contribution is -2.23. The summed E-state index contributed by atoms with van der Waals surface area (Å²) in [5.41, 5.74) is 5.45. The molecule has 27 heavy (non-hydrogen) atoms. The summed E-state index contributed by atoms with van der Waals surface area (Å²) in [6.45, 7) is 2.99. The maximum atomic E-state index is 13.0. The van der Waals surface area contributed by atoms with Crippen LogP contribution < -0.4 is 5.32 Å². The molecule has 1 amide bonds. The van der Waals surface area contributed by atoms with E-state index in [0.29, 0.717) is 24.6 Å². The molecule has 0 radical (unpaired) electrons. The summed E-state index contributed by atoms with van der Waals surface area (Å²) in [6, 6.07) is 10.0. The molecule has 4 rings (SSSR count). The summed E-state index contributed by atoms with van der Waals surface area (Å²) < 4.78 is 6.90. The summed E-state index contributed by atoms with van der Waals surface area (Å²) in [7, 11) is 3.56. The van der Waals surface area contributed by atoms with E-state index in [1.807, 2.05) is 44.3 Å². The number of hydrogen-bond donors (Lipinski definition) is 1. The van der Waals surface area contributed by atoms with E-state index < -0.39 is 0 Å². The van der Waals surface area contributed by atoms with Crippen LogP contribution in [0.2, 0.25) is 0 Å². The van der Waals surface area contributed by atoms with Gasteiger partial charge in [-0.15, -0.1) is 0 Å². The Morgan fingerprint density at radius 1 is 1.26 bits per heavy atom. The second-order valence-corrected chi connectivity index (χ2v) is 7.21. The van der Waals surface area contributed by atoms with Crippen LogP contribution in [0, 0.1) is 6.92 Å². The maximum Gasteiger partial charge on any atom is 0.252 e. The Balaban J connectivity index is 1.58. The fraction of sp³-hybridized carbons (Fsp3) is 0.381. The van der Waals surface area contributed by atoms with Crippen molar-refractivity contribution in [2.45, 2.75) is 38.8 Å². The lowest BCUT2D eigenvalue weighted by atomic mass is 10.1. The number of nitrogens with zero attached hydrogens (tertiary/aromatic N) is 3. The number of carbonyl (C=O) groups excluding carboxylic acids is 1. The van der Waals surface area contributed by atoms with Crippen molar-refractivity contribution in [1.82, 2.24) is 20.1 Å². The lowest BCUT2D eigenvalue weighted by molar-refractivity contribution is 0.0952. The van der Waals surface area contributed by atoms with Crippen LogP contribution in [0.15, 0.2) is 30.3 Å². The van der Waals surface area contributed by atoms with Gasteiger partial charge in [-0.1, -0.05) is 24.3 Å². The smallest absolute Gasteiger partial charge is 0.252 e. The molecule has 2 aromatic heterocycles. The van der Waals surface area contributed by atoms with Crippen LogP contribution in [-0.2, 0) is 24.9 Å². The number of methoxy groups -OCH3 is 1. The van der Waals surface area contributed by atoms with Gasteiger partial charge in [0.25, 0.3) is 5.91 Å². The number of fused-ring (bicyclic) bond motifs is 1. The molecule has 2 heterocycles. The third-order valence-electron chi connectivity index (χ3n) is 5.02. The number of nitrogens with one attached hydrogen (secondary N) is 1. The highest BCUT2D eigenvalue weighted by molar-refractivity contribution is 6.06. The topological polar surface area (TPSA) is 69.0 Å². The summed E-state index contributed by atoms with van der Waals surface area (Å²) in [5.74, 6) is 0.394. The van der Waals surface area contributed by atoms with Gasteiger partial charge in [0, 0.05) is 32.3 Å². The van der Waals surface area contributed by atoms with E-state index in [1.54, 1.807) is 11.8 Å². The Hall–Kier alpha value is -2.73. The molecular weight excluding hydrogens is 340 g/mol. The van der Waals surface area contributed by atoms with Crippen molar-refractivity contribution in [2.75, 3.05) is 7.11 Å². The van der Waals surface area contributed by atoms with Gasteiger partial charge in [0.15, 0.2) is 5.65 Å². The number of benzene rings is 1. The van der Waals surface area contributed by atoms with E-state index in [0.717, 1.165) is 46.4 Å². The van der Waals surface area contributed by atoms with Crippen LogP contribution in [0.4, 0.5) is 0 Å². The predicted octanol–water partition coefficient (Wildman–Crippen LogP) is 3.23.